The monoisotopic (exact) mass is 412 g/mol. The molecule has 0 bridgehead atoms. The summed E-state index contributed by atoms with van der Waals surface area (Å²) in [4.78, 5) is 41.9. The topological polar surface area (TPSA) is 115 Å². The van der Waals surface area contributed by atoms with Crippen LogP contribution in [0, 0.1) is 17.0 Å². The van der Waals surface area contributed by atoms with Crippen molar-refractivity contribution in [2.75, 3.05) is 16.8 Å². The van der Waals surface area contributed by atoms with Gasteiger partial charge in [-0.1, -0.05) is 6.07 Å². The third kappa shape index (κ3) is 4.73. The van der Waals surface area contributed by atoms with Crippen LogP contribution in [0.2, 0.25) is 0 Å². The van der Waals surface area contributed by atoms with Crippen molar-refractivity contribution in [1.82, 2.24) is 4.98 Å². The molecule has 2 aromatic rings. The Kier molecular flexibility index (Phi) is 5.73. The van der Waals surface area contributed by atoms with E-state index in [4.69, 9.17) is 4.74 Å². The number of aromatic nitrogens is 1. The Labute approximate surface area is 174 Å². The summed E-state index contributed by atoms with van der Waals surface area (Å²) in [6.45, 7) is 7.52. The first-order chi connectivity index (χ1) is 14.0. The molecule has 0 fully saturated rings. The molecule has 0 saturated carbocycles. The summed E-state index contributed by atoms with van der Waals surface area (Å²) < 4.78 is 5.43. The van der Waals surface area contributed by atoms with Crippen molar-refractivity contribution in [3.8, 4) is 0 Å². The van der Waals surface area contributed by atoms with Crippen LogP contribution in [0.1, 0.15) is 48.7 Å². The number of benzene rings is 1. The van der Waals surface area contributed by atoms with Crippen LogP contribution >= 0.6 is 0 Å². The van der Waals surface area contributed by atoms with Crippen LogP contribution in [0.3, 0.4) is 0 Å². The van der Waals surface area contributed by atoms with Crippen molar-refractivity contribution in [3.63, 3.8) is 0 Å². The van der Waals surface area contributed by atoms with E-state index in [1.54, 1.807) is 39.1 Å². The molecule has 158 valence electrons. The predicted molar refractivity (Wildman–Crippen MR) is 112 cm³/mol. The molecule has 0 unspecified atom stereocenters. The van der Waals surface area contributed by atoms with Crippen molar-refractivity contribution in [2.24, 2.45) is 0 Å². The molecule has 1 aromatic heterocycles. The van der Waals surface area contributed by atoms with E-state index >= 15 is 0 Å². The molecule has 1 aliphatic rings. The summed E-state index contributed by atoms with van der Waals surface area (Å²) in [5, 5.41) is 14.3. The van der Waals surface area contributed by atoms with Crippen LogP contribution in [-0.2, 0) is 11.2 Å². The SMILES string of the molecule is Cc1ccc(NC(=O)c2cc3c(cc2[N+](=O)[O-])N(C(=O)OC(C)(C)C)CCC3)nc1. The van der Waals surface area contributed by atoms with Gasteiger partial charge in [-0.25, -0.2) is 9.78 Å². The van der Waals surface area contributed by atoms with Gasteiger partial charge < -0.3 is 10.1 Å². The van der Waals surface area contributed by atoms with E-state index in [1.165, 1.54) is 17.0 Å². The number of hydrogen-bond donors (Lipinski definition) is 1. The molecule has 3 rings (SSSR count). The van der Waals surface area contributed by atoms with E-state index < -0.39 is 22.5 Å². The first kappa shape index (κ1) is 21.2. The van der Waals surface area contributed by atoms with Gasteiger partial charge in [0.1, 0.15) is 17.0 Å². The second-order valence-electron chi connectivity index (χ2n) is 8.17. The van der Waals surface area contributed by atoms with Crippen LogP contribution in [0.4, 0.5) is 22.0 Å². The maximum Gasteiger partial charge on any atom is 0.414 e. The number of hydrogen-bond acceptors (Lipinski definition) is 6. The second-order valence-corrected chi connectivity index (χ2v) is 8.17. The lowest BCUT2D eigenvalue weighted by molar-refractivity contribution is -0.385. The zero-order chi connectivity index (χ0) is 22.1. The fraction of sp³-hybridized carbons (Fsp3) is 0.381. The molecule has 30 heavy (non-hydrogen) atoms. The predicted octanol–water partition coefficient (Wildman–Crippen LogP) is 4.24. The smallest absolute Gasteiger partial charge is 0.414 e. The Morgan fingerprint density at radius 1 is 1.27 bits per heavy atom. The highest BCUT2D eigenvalue weighted by Gasteiger charge is 2.32. The second kappa shape index (κ2) is 8.10. The van der Waals surface area contributed by atoms with Gasteiger partial charge in [-0.05, 0) is 63.8 Å². The number of anilines is 2. The quantitative estimate of drug-likeness (QED) is 0.596. The van der Waals surface area contributed by atoms with Crippen LogP contribution in [0.5, 0.6) is 0 Å². The molecule has 2 heterocycles. The van der Waals surface area contributed by atoms with Gasteiger partial charge in [-0.3, -0.25) is 19.8 Å². The minimum Gasteiger partial charge on any atom is -0.443 e. The number of aryl methyl sites for hydroxylation is 2. The molecule has 0 radical (unpaired) electrons. The van der Waals surface area contributed by atoms with Crippen molar-refractivity contribution in [2.45, 2.75) is 46.1 Å². The zero-order valence-corrected chi connectivity index (χ0v) is 17.4. The maximum atomic E-state index is 12.8. The number of amides is 2. The molecule has 0 spiro atoms. The Hall–Kier alpha value is -3.49. The number of nitro groups is 1. The van der Waals surface area contributed by atoms with E-state index in [9.17, 15) is 19.7 Å². The third-order valence-electron chi connectivity index (χ3n) is 4.52. The standard InChI is InChI=1S/C21H24N4O5/c1-13-7-8-18(22-12-13)23-19(26)15-10-14-6-5-9-24(20(27)30-21(2,3)4)16(14)11-17(15)25(28)29/h7-8,10-12H,5-6,9H2,1-4H3,(H,22,23,26). The summed E-state index contributed by atoms with van der Waals surface area (Å²) in [6, 6.07) is 6.16. The average Bonchev–Trinajstić information content (AvgIpc) is 2.66. The largest absolute Gasteiger partial charge is 0.443 e. The highest BCUT2D eigenvalue weighted by molar-refractivity contribution is 6.07. The summed E-state index contributed by atoms with van der Waals surface area (Å²) in [5.41, 5.74) is 0.851. The molecule has 2 amide bonds. The Balaban J connectivity index is 1.96. The lowest BCUT2D eigenvalue weighted by Crippen LogP contribution is -2.40. The molecular weight excluding hydrogens is 388 g/mol. The average molecular weight is 412 g/mol. The molecular formula is C21H24N4O5. The summed E-state index contributed by atoms with van der Waals surface area (Å²) in [6.07, 6.45) is 2.27. The molecule has 9 nitrogen and oxygen atoms in total. The van der Waals surface area contributed by atoms with Gasteiger partial charge in [-0.15, -0.1) is 0 Å². The first-order valence-corrected chi connectivity index (χ1v) is 9.61. The fourth-order valence-electron chi connectivity index (χ4n) is 3.19. The highest BCUT2D eigenvalue weighted by Crippen LogP contribution is 2.35. The highest BCUT2D eigenvalue weighted by atomic mass is 16.6. The van der Waals surface area contributed by atoms with Gasteiger partial charge in [0.05, 0.1) is 10.6 Å². The van der Waals surface area contributed by atoms with Crippen LogP contribution in [-0.4, -0.2) is 34.1 Å². The van der Waals surface area contributed by atoms with Crippen molar-refractivity contribution in [3.05, 3.63) is 57.3 Å². The van der Waals surface area contributed by atoms with E-state index in [0.717, 1.165) is 5.56 Å². The number of carbonyl (C=O) groups excluding carboxylic acids is 2. The molecule has 0 saturated heterocycles. The van der Waals surface area contributed by atoms with E-state index in [0.29, 0.717) is 36.5 Å². The Morgan fingerprint density at radius 3 is 2.60 bits per heavy atom. The number of rotatable bonds is 3. The van der Waals surface area contributed by atoms with E-state index in [1.807, 2.05) is 6.92 Å². The Morgan fingerprint density at radius 2 is 2.00 bits per heavy atom. The number of nitro benzene ring substituents is 1. The first-order valence-electron chi connectivity index (χ1n) is 9.61. The van der Waals surface area contributed by atoms with Crippen LogP contribution < -0.4 is 10.2 Å². The maximum absolute atomic E-state index is 12.8. The molecule has 0 atom stereocenters. The third-order valence-corrected chi connectivity index (χ3v) is 4.52. The molecule has 1 aliphatic heterocycles. The molecule has 1 N–H and O–H groups in total. The summed E-state index contributed by atoms with van der Waals surface area (Å²) >= 11 is 0. The number of nitrogens with one attached hydrogen (secondary N) is 1. The number of pyridine rings is 1. The lowest BCUT2D eigenvalue weighted by Gasteiger charge is -2.31. The fourth-order valence-corrected chi connectivity index (χ4v) is 3.19. The minimum absolute atomic E-state index is 0.0767. The van der Waals surface area contributed by atoms with Gasteiger partial charge in [0.15, 0.2) is 0 Å². The van der Waals surface area contributed by atoms with Gasteiger partial charge in [-0.2, -0.15) is 0 Å². The Bertz CT molecular complexity index is 996. The van der Waals surface area contributed by atoms with Crippen molar-refractivity contribution < 1.29 is 19.2 Å². The van der Waals surface area contributed by atoms with Gasteiger partial charge in [0, 0.05) is 18.8 Å². The molecule has 1 aromatic carbocycles. The van der Waals surface area contributed by atoms with Crippen molar-refractivity contribution >= 4 is 29.2 Å². The van der Waals surface area contributed by atoms with Crippen LogP contribution in [0.25, 0.3) is 0 Å². The number of nitrogens with zero attached hydrogens (tertiary/aromatic N) is 3. The number of fused-ring (bicyclic) bond motifs is 1. The van der Waals surface area contributed by atoms with Gasteiger partial charge >= 0.3 is 6.09 Å². The van der Waals surface area contributed by atoms with Crippen LogP contribution in [0.15, 0.2) is 30.5 Å². The van der Waals surface area contributed by atoms with E-state index in [2.05, 4.69) is 10.3 Å². The van der Waals surface area contributed by atoms with Gasteiger partial charge in [0.25, 0.3) is 11.6 Å². The zero-order valence-electron chi connectivity index (χ0n) is 17.4. The van der Waals surface area contributed by atoms with E-state index in [-0.39, 0.29) is 11.3 Å². The number of ether oxygens (including phenoxy) is 1. The lowest BCUT2D eigenvalue weighted by atomic mass is 9.97. The normalized spacial score (nSPS) is 13.4. The molecule has 0 aliphatic carbocycles. The summed E-state index contributed by atoms with van der Waals surface area (Å²) in [7, 11) is 0. The van der Waals surface area contributed by atoms with Gasteiger partial charge in [0.2, 0.25) is 0 Å². The summed E-state index contributed by atoms with van der Waals surface area (Å²) in [5.74, 6) is -0.330. The number of carbonyl (C=O) groups is 2. The minimum atomic E-state index is -0.693. The molecule has 9 heteroatoms. The van der Waals surface area contributed by atoms with Crippen molar-refractivity contribution in [1.29, 1.82) is 0 Å².